The van der Waals surface area contributed by atoms with Crippen molar-refractivity contribution in [2.24, 2.45) is 0 Å². The van der Waals surface area contributed by atoms with Crippen LogP contribution in [-0.4, -0.2) is 25.3 Å². The van der Waals surface area contributed by atoms with Gasteiger partial charge in [-0.15, -0.1) is 5.10 Å². The van der Waals surface area contributed by atoms with Gasteiger partial charge in [0.2, 0.25) is 0 Å². The molecule has 78 valence electrons. The first-order chi connectivity index (χ1) is 7.13. The van der Waals surface area contributed by atoms with Crippen molar-refractivity contribution in [3.8, 4) is 0 Å². The van der Waals surface area contributed by atoms with Crippen molar-refractivity contribution in [3.05, 3.63) is 34.4 Å². The van der Waals surface area contributed by atoms with Crippen LogP contribution in [0.25, 0.3) is 5.65 Å². The number of carboxylic acids is 1. The minimum absolute atomic E-state index is 0.0697. The summed E-state index contributed by atoms with van der Waals surface area (Å²) in [6.45, 7) is 2.26. The normalized spacial score (nSPS) is 10.7. The van der Waals surface area contributed by atoms with Crippen molar-refractivity contribution in [2.45, 2.75) is 13.5 Å². The van der Waals surface area contributed by atoms with E-state index < -0.39 is 5.97 Å². The van der Waals surface area contributed by atoms with E-state index in [9.17, 15) is 9.59 Å². The molecule has 0 atom stereocenters. The molecule has 0 saturated heterocycles. The summed E-state index contributed by atoms with van der Waals surface area (Å²) < 4.78 is 2.51. The summed E-state index contributed by atoms with van der Waals surface area (Å²) in [5.41, 5.74) is 0.197. The smallest absolute Gasteiger partial charge is 0.350 e. The highest BCUT2D eigenvalue weighted by Crippen LogP contribution is 2.02. The SMILES string of the molecule is CCn1nc2ccc(C(=O)O)cn2c1=O. The van der Waals surface area contributed by atoms with Gasteiger partial charge in [0.05, 0.1) is 5.56 Å². The predicted octanol–water partition coefficient (Wildman–Crippen LogP) is 0.214. The quantitative estimate of drug-likeness (QED) is 0.763. The third kappa shape index (κ3) is 1.39. The molecule has 0 spiro atoms. The molecule has 2 heterocycles. The van der Waals surface area contributed by atoms with Gasteiger partial charge in [-0.1, -0.05) is 0 Å². The summed E-state index contributed by atoms with van der Waals surface area (Å²) in [5, 5.41) is 12.8. The van der Waals surface area contributed by atoms with Crippen LogP contribution in [0.4, 0.5) is 0 Å². The Morgan fingerprint density at radius 2 is 2.27 bits per heavy atom. The first kappa shape index (κ1) is 9.45. The lowest BCUT2D eigenvalue weighted by Gasteiger charge is -1.93. The van der Waals surface area contributed by atoms with Crippen LogP contribution < -0.4 is 5.69 Å². The van der Waals surface area contributed by atoms with Crippen LogP contribution in [0.3, 0.4) is 0 Å². The van der Waals surface area contributed by atoms with Gasteiger partial charge < -0.3 is 5.11 Å². The van der Waals surface area contributed by atoms with Crippen molar-refractivity contribution >= 4 is 11.6 Å². The van der Waals surface area contributed by atoms with Gasteiger partial charge in [0.1, 0.15) is 0 Å². The van der Waals surface area contributed by atoms with E-state index in [1.165, 1.54) is 27.4 Å². The summed E-state index contributed by atoms with van der Waals surface area (Å²) in [7, 11) is 0. The van der Waals surface area contributed by atoms with Gasteiger partial charge in [0.25, 0.3) is 0 Å². The van der Waals surface area contributed by atoms with Crippen LogP contribution in [0, 0.1) is 0 Å². The van der Waals surface area contributed by atoms with Crippen LogP contribution in [0.15, 0.2) is 23.1 Å². The van der Waals surface area contributed by atoms with E-state index >= 15 is 0 Å². The summed E-state index contributed by atoms with van der Waals surface area (Å²) in [4.78, 5) is 22.3. The Hall–Kier alpha value is -2.11. The van der Waals surface area contributed by atoms with E-state index in [1.807, 2.05) is 0 Å². The van der Waals surface area contributed by atoms with Crippen molar-refractivity contribution < 1.29 is 9.90 Å². The average Bonchev–Trinajstić information content (AvgIpc) is 2.55. The van der Waals surface area contributed by atoms with Gasteiger partial charge in [-0.2, -0.15) is 0 Å². The molecule has 1 N–H and O–H groups in total. The van der Waals surface area contributed by atoms with Crippen LogP contribution in [0.2, 0.25) is 0 Å². The highest BCUT2D eigenvalue weighted by molar-refractivity contribution is 5.87. The highest BCUT2D eigenvalue weighted by Gasteiger charge is 2.08. The number of nitrogens with zero attached hydrogens (tertiary/aromatic N) is 3. The monoisotopic (exact) mass is 207 g/mol. The zero-order chi connectivity index (χ0) is 11.0. The third-order valence-corrected chi connectivity index (χ3v) is 2.12. The second-order valence-corrected chi connectivity index (χ2v) is 3.05. The van der Waals surface area contributed by atoms with Gasteiger partial charge in [0.15, 0.2) is 5.65 Å². The van der Waals surface area contributed by atoms with Gasteiger partial charge >= 0.3 is 11.7 Å². The van der Waals surface area contributed by atoms with E-state index in [-0.39, 0.29) is 11.3 Å². The van der Waals surface area contributed by atoms with Crippen LogP contribution in [0.5, 0.6) is 0 Å². The Kier molecular flexibility index (Phi) is 2.03. The van der Waals surface area contributed by atoms with Gasteiger partial charge in [0, 0.05) is 12.7 Å². The number of aryl methyl sites for hydroxylation is 1. The Labute approximate surface area is 84.4 Å². The second kappa shape index (κ2) is 3.23. The number of aromatic carboxylic acids is 1. The summed E-state index contributed by atoms with van der Waals surface area (Å²) in [6, 6.07) is 2.93. The third-order valence-electron chi connectivity index (χ3n) is 2.12. The van der Waals surface area contributed by atoms with Gasteiger partial charge in [-0.05, 0) is 19.1 Å². The molecule has 0 saturated carbocycles. The lowest BCUT2D eigenvalue weighted by molar-refractivity contribution is 0.0696. The van der Waals surface area contributed by atoms with E-state index in [1.54, 1.807) is 6.92 Å². The van der Waals surface area contributed by atoms with Gasteiger partial charge in [-0.25, -0.2) is 18.7 Å². The molecule has 0 aliphatic heterocycles. The number of hydrogen-bond donors (Lipinski definition) is 1. The molecule has 2 rings (SSSR count). The number of fused-ring (bicyclic) bond motifs is 1. The zero-order valence-corrected chi connectivity index (χ0v) is 8.04. The molecule has 0 aromatic carbocycles. The standard InChI is InChI=1S/C9H9N3O3/c1-2-12-9(15)11-5-6(8(13)14)3-4-7(11)10-12/h3-5H,2H2,1H3,(H,13,14). The van der Waals surface area contributed by atoms with Crippen LogP contribution >= 0.6 is 0 Å². The lowest BCUT2D eigenvalue weighted by Crippen LogP contribution is -2.20. The van der Waals surface area contributed by atoms with Crippen molar-refractivity contribution in [1.82, 2.24) is 14.2 Å². The molecule has 0 aliphatic rings. The number of aromatic nitrogens is 3. The molecule has 0 fully saturated rings. The molecule has 15 heavy (non-hydrogen) atoms. The number of carboxylic acid groups (broad SMARTS) is 1. The fraction of sp³-hybridized carbons (Fsp3) is 0.222. The molecular weight excluding hydrogens is 198 g/mol. The molecule has 2 aromatic heterocycles. The Bertz CT molecular complexity index is 582. The average molecular weight is 207 g/mol. The van der Waals surface area contributed by atoms with Crippen molar-refractivity contribution in [3.63, 3.8) is 0 Å². The molecule has 0 amide bonds. The zero-order valence-electron chi connectivity index (χ0n) is 8.04. The maximum absolute atomic E-state index is 11.6. The molecule has 0 bridgehead atoms. The van der Waals surface area contributed by atoms with Gasteiger partial charge in [-0.3, -0.25) is 0 Å². The minimum Gasteiger partial charge on any atom is -0.478 e. The van der Waals surface area contributed by atoms with E-state index in [0.717, 1.165) is 0 Å². The maximum atomic E-state index is 11.6. The summed E-state index contributed by atoms with van der Waals surface area (Å²) in [5.74, 6) is -1.06. The Morgan fingerprint density at radius 1 is 1.53 bits per heavy atom. The molecule has 0 unspecified atom stereocenters. The molecule has 6 heteroatoms. The number of carbonyl (C=O) groups is 1. The number of hydrogen-bond acceptors (Lipinski definition) is 3. The van der Waals surface area contributed by atoms with E-state index in [2.05, 4.69) is 5.10 Å². The fourth-order valence-electron chi connectivity index (χ4n) is 1.35. The Morgan fingerprint density at radius 3 is 2.87 bits per heavy atom. The van der Waals surface area contributed by atoms with Crippen LogP contribution in [0.1, 0.15) is 17.3 Å². The highest BCUT2D eigenvalue weighted by atomic mass is 16.4. The number of pyridine rings is 1. The molecule has 2 aromatic rings. The predicted molar refractivity (Wildman–Crippen MR) is 52.1 cm³/mol. The molecule has 0 aliphatic carbocycles. The molecule has 0 radical (unpaired) electrons. The van der Waals surface area contributed by atoms with E-state index in [0.29, 0.717) is 12.2 Å². The minimum atomic E-state index is -1.06. The van der Waals surface area contributed by atoms with Crippen LogP contribution in [-0.2, 0) is 6.54 Å². The van der Waals surface area contributed by atoms with E-state index in [4.69, 9.17) is 5.11 Å². The first-order valence-electron chi connectivity index (χ1n) is 4.46. The van der Waals surface area contributed by atoms with Crippen molar-refractivity contribution in [1.29, 1.82) is 0 Å². The van der Waals surface area contributed by atoms with Crippen molar-refractivity contribution in [2.75, 3.05) is 0 Å². The second-order valence-electron chi connectivity index (χ2n) is 3.05. The molecule has 6 nitrogen and oxygen atoms in total. The Balaban J connectivity index is 2.76. The molecular formula is C9H9N3O3. The maximum Gasteiger partial charge on any atom is 0.350 e. The number of rotatable bonds is 2. The fourth-order valence-corrected chi connectivity index (χ4v) is 1.35. The summed E-state index contributed by atoms with van der Waals surface area (Å²) in [6.07, 6.45) is 1.28. The largest absolute Gasteiger partial charge is 0.478 e. The topological polar surface area (TPSA) is 76.6 Å². The lowest BCUT2D eigenvalue weighted by atomic mass is 10.3. The first-order valence-corrected chi connectivity index (χ1v) is 4.46. The summed E-state index contributed by atoms with van der Waals surface area (Å²) >= 11 is 0.